The number of amides is 1. The lowest BCUT2D eigenvalue weighted by Crippen LogP contribution is -2.45. The molecule has 1 aromatic heterocycles. The lowest BCUT2D eigenvalue weighted by molar-refractivity contribution is -0.128. The number of hydrogen-bond acceptors (Lipinski definition) is 3. The number of nitrogens with zero attached hydrogens (tertiary/aromatic N) is 2. The molecule has 4 heteroatoms. The summed E-state index contributed by atoms with van der Waals surface area (Å²) in [5.74, 6) is 0.227. The Bertz CT molecular complexity index is 711. The molecule has 1 saturated carbocycles. The number of benzene rings is 1. The fraction of sp³-hybridized carbons (Fsp3) is 0.312. The van der Waals surface area contributed by atoms with E-state index in [-0.39, 0.29) is 5.91 Å². The predicted molar refractivity (Wildman–Crippen MR) is 76.8 cm³/mol. The Morgan fingerprint density at radius 3 is 2.90 bits per heavy atom. The largest absolute Gasteiger partial charge is 0.323 e. The first-order valence-electron chi connectivity index (χ1n) is 6.70. The molecule has 0 atom stereocenters. The Morgan fingerprint density at radius 2 is 2.20 bits per heavy atom. The summed E-state index contributed by atoms with van der Waals surface area (Å²) in [6.45, 7) is 2.06. The fourth-order valence-corrected chi connectivity index (χ4v) is 2.85. The van der Waals surface area contributed by atoms with Gasteiger partial charge >= 0.3 is 0 Å². The first-order valence-corrected chi connectivity index (χ1v) is 6.70. The quantitative estimate of drug-likeness (QED) is 0.907. The van der Waals surface area contributed by atoms with Crippen LogP contribution in [0.15, 0.2) is 36.5 Å². The van der Waals surface area contributed by atoms with Crippen molar-refractivity contribution in [1.29, 1.82) is 5.26 Å². The smallest absolute Gasteiger partial charge is 0.244 e. The van der Waals surface area contributed by atoms with Crippen LogP contribution < -0.4 is 5.32 Å². The van der Waals surface area contributed by atoms with E-state index in [1.165, 1.54) is 0 Å². The maximum absolute atomic E-state index is 12.3. The van der Waals surface area contributed by atoms with Crippen molar-refractivity contribution in [2.75, 3.05) is 5.32 Å². The number of hydrogen-bond donors (Lipinski definition) is 1. The minimum Gasteiger partial charge on any atom is -0.323 e. The molecule has 3 rings (SSSR count). The van der Waals surface area contributed by atoms with Crippen LogP contribution in [0, 0.1) is 22.7 Å². The second-order valence-corrected chi connectivity index (χ2v) is 5.58. The van der Waals surface area contributed by atoms with Crippen LogP contribution >= 0.6 is 0 Å². The van der Waals surface area contributed by atoms with E-state index in [0.29, 0.717) is 24.4 Å². The SMILES string of the molecule is CC1CC(C#N)(C(=O)Nc2cnc3ccccc3c2)C1. The molecule has 4 nitrogen and oxygen atoms in total. The zero-order valence-corrected chi connectivity index (χ0v) is 11.3. The summed E-state index contributed by atoms with van der Waals surface area (Å²) in [6, 6.07) is 11.8. The molecule has 20 heavy (non-hydrogen) atoms. The summed E-state index contributed by atoms with van der Waals surface area (Å²) in [7, 11) is 0. The zero-order chi connectivity index (χ0) is 14.2. The van der Waals surface area contributed by atoms with Crippen molar-refractivity contribution < 1.29 is 4.79 Å². The Kier molecular flexibility index (Phi) is 2.90. The highest BCUT2D eigenvalue weighted by Crippen LogP contribution is 2.45. The van der Waals surface area contributed by atoms with Gasteiger partial charge in [0, 0.05) is 5.39 Å². The van der Waals surface area contributed by atoms with E-state index >= 15 is 0 Å². The van der Waals surface area contributed by atoms with Crippen molar-refractivity contribution in [3.63, 3.8) is 0 Å². The first kappa shape index (κ1) is 12.6. The van der Waals surface area contributed by atoms with Gasteiger partial charge in [-0.15, -0.1) is 0 Å². The fourth-order valence-electron chi connectivity index (χ4n) is 2.85. The zero-order valence-electron chi connectivity index (χ0n) is 11.3. The second kappa shape index (κ2) is 4.61. The van der Waals surface area contributed by atoms with E-state index in [4.69, 9.17) is 0 Å². The van der Waals surface area contributed by atoms with E-state index in [2.05, 4.69) is 23.3 Å². The second-order valence-electron chi connectivity index (χ2n) is 5.58. The lowest BCUT2D eigenvalue weighted by atomic mass is 9.63. The van der Waals surface area contributed by atoms with Gasteiger partial charge in [-0.25, -0.2) is 0 Å². The molecule has 1 N–H and O–H groups in total. The van der Waals surface area contributed by atoms with E-state index in [1.807, 2.05) is 30.3 Å². The number of para-hydroxylation sites is 1. The third-order valence-corrected chi connectivity index (χ3v) is 3.89. The third-order valence-electron chi connectivity index (χ3n) is 3.89. The van der Waals surface area contributed by atoms with Crippen LogP contribution in [0.5, 0.6) is 0 Å². The van der Waals surface area contributed by atoms with Gasteiger partial charge in [0.25, 0.3) is 0 Å². The summed E-state index contributed by atoms with van der Waals surface area (Å²) in [6.07, 6.45) is 2.90. The van der Waals surface area contributed by atoms with Gasteiger partial charge in [-0.05, 0) is 30.9 Å². The molecule has 1 fully saturated rings. The molecule has 0 aliphatic heterocycles. The Labute approximate surface area is 117 Å². The van der Waals surface area contributed by atoms with Crippen molar-refractivity contribution in [2.45, 2.75) is 19.8 Å². The first-order chi connectivity index (χ1) is 9.63. The molecule has 1 aliphatic rings. The molecular weight excluding hydrogens is 250 g/mol. The van der Waals surface area contributed by atoms with Crippen LogP contribution in [0.4, 0.5) is 5.69 Å². The molecule has 2 aromatic rings. The summed E-state index contributed by atoms with van der Waals surface area (Å²) in [5.41, 5.74) is 0.672. The highest BCUT2D eigenvalue weighted by molar-refractivity contribution is 5.99. The van der Waals surface area contributed by atoms with Gasteiger partial charge in [0.15, 0.2) is 0 Å². The van der Waals surface area contributed by atoms with E-state index < -0.39 is 5.41 Å². The molecule has 1 aliphatic carbocycles. The van der Waals surface area contributed by atoms with Crippen LogP contribution in [-0.4, -0.2) is 10.9 Å². The van der Waals surface area contributed by atoms with Crippen molar-refractivity contribution in [3.8, 4) is 6.07 Å². The molecule has 1 heterocycles. The summed E-state index contributed by atoms with van der Waals surface area (Å²) in [4.78, 5) is 16.6. The average molecular weight is 265 g/mol. The number of aromatic nitrogens is 1. The van der Waals surface area contributed by atoms with Crippen LogP contribution in [-0.2, 0) is 4.79 Å². The van der Waals surface area contributed by atoms with Crippen molar-refractivity contribution in [1.82, 2.24) is 4.98 Å². The molecule has 0 saturated heterocycles. The highest BCUT2D eigenvalue weighted by atomic mass is 16.2. The number of nitrogens with one attached hydrogen (secondary N) is 1. The molecule has 1 aromatic carbocycles. The number of pyridine rings is 1. The molecule has 0 spiro atoms. The van der Waals surface area contributed by atoms with Gasteiger partial charge in [-0.2, -0.15) is 5.26 Å². The maximum Gasteiger partial charge on any atom is 0.244 e. The molecule has 100 valence electrons. The lowest BCUT2D eigenvalue weighted by Gasteiger charge is -2.39. The minimum absolute atomic E-state index is 0.213. The van der Waals surface area contributed by atoms with Gasteiger partial charge < -0.3 is 5.32 Å². The topological polar surface area (TPSA) is 65.8 Å². The number of rotatable bonds is 2. The summed E-state index contributed by atoms with van der Waals surface area (Å²) < 4.78 is 0. The Morgan fingerprint density at radius 1 is 1.45 bits per heavy atom. The number of nitriles is 1. The minimum atomic E-state index is -0.856. The molecule has 1 amide bonds. The average Bonchev–Trinajstić information content (AvgIpc) is 2.43. The van der Waals surface area contributed by atoms with Gasteiger partial charge in [0.05, 0.1) is 23.5 Å². The van der Waals surface area contributed by atoms with Crippen LogP contribution in [0.2, 0.25) is 0 Å². The number of carbonyl (C=O) groups excluding carboxylic acids is 1. The molecule has 0 bridgehead atoms. The summed E-state index contributed by atoms with van der Waals surface area (Å²) in [5, 5.41) is 13.0. The molecular formula is C16H15N3O. The van der Waals surface area contributed by atoms with Crippen molar-refractivity contribution in [2.24, 2.45) is 11.3 Å². The third kappa shape index (κ3) is 2.01. The van der Waals surface area contributed by atoms with Gasteiger partial charge in [0.1, 0.15) is 5.41 Å². The molecule has 0 unspecified atom stereocenters. The standard InChI is InChI=1S/C16H15N3O/c1-11-7-16(8-11,10-17)15(20)19-13-6-12-4-2-3-5-14(12)18-9-13/h2-6,9,11H,7-8H2,1H3,(H,19,20). The number of fused-ring (bicyclic) bond motifs is 1. The van der Waals surface area contributed by atoms with Gasteiger partial charge in [0.2, 0.25) is 5.91 Å². The predicted octanol–water partition coefficient (Wildman–Crippen LogP) is 3.11. The maximum atomic E-state index is 12.3. The van der Waals surface area contributed by atoms with E-state index in [1.54, 1.807) is 6.20 Å². The molecule has 0 radical (unpaired) electrons. The monoisotopic (exact) mass is 265 g/mol. The Balaban J connectivity index is 1.83. The van der Waals surface area contributed by atoms with Gasteiger partial charge in [-0.3, -0.25) is 9.78 Å². The summed E-state index contributed by atoms with van der Waals surface area (Å²) >= 11 is 0. The van der Waals surface area contributed by atoms with Crippen molar-refractivity contribution >= 4 is 22.5 Å². The highest BCUT2D eigenvalue weighted by Gasteiger charge is 2.48. The van der Waals surface area contributed by atoms with E-state index in [0.717, 1.165) is 10.9 Å². The van der Waals surface area contributed by atoms with Gasteiger partial charge in [-0.1, -0.05) is 25.1 Å². The van der Waals surface area contributed by atoms with Crippen molar-refractivity contribution in [3.05, 3.63) is 36.5 Å². The van der Waals surface area contributed by atoms with E-state index in [9.17, 15) is 10.1 Å². The number of anilines is 1. The van der Waals surface area contributed by atoms with Crippen LogP contribution in [0.3, 0.4) is 0 Å². The van der Waals surface area contributed by atoms with Crippen LogP contribution in [0.25, 0.3) is 10.9 Å². The van der Waals surface area contributed by atoms with Crippen LogP contribution in [0.1, 0.15) is 19.8 Å². The number of carbonyl (C=O) groups is 1. The Hall–Kier alpha value is -2.41. The normalized spacial score (nSPS) is 24.7.